The normalized spacial score (nSPS) is 19.0. The van der Waals surface area contributed by atoms with Crippen LogP contribution >= 0.6 is 15.9 Å². The average Bonchev–Trinajstić information content (AvgIpc) is 3.30. The van der Waals surface area contributed by atoms with Crippen molar-refractivity contribution in [3.8, 4) is 11.5 Å². The smallest absolute Gasteiger partial charge is 0.255 e. The zero-order valence-electron chi connectivity index (χ0n) is 22.6. The molecular formula is C31H27BrFN5O4. The summed E-state index contributed by atoms with van der Waals surface area (Å²) in [5, 5.41) is 2.29. The highest BCUT2D eigenvalue weighted by Crippen LogP contribution is 2.34. The number of anilines is 1. The van der Waals surface area contributed by atoms with Crippen molar-refractivity contribution in [2.75, 3.05) is 31.1 Å². The molecule has 0 radical (unpaired) electrons. The van der Waals surface area contributed by atoms with Crippen LogP contribution < -0.4 is 15.0 Å². The molecule has 42 heavy (non-hydrogen) atoms. The Kier molecular flexibility index (Phi) is 7.66. The fraction of sp³-hybridized carbons (Fsp3) is 0.290. The Bertz CT molecular complexity index is 1610. The number of ether oxygens (including phenoxy) is 1. The molecule has 1 atom stereocenters. The molecule has 0 saturated carbocycles. The molecule has 9 nitrogen and oxygen atoms in total. The molecule has 2 saturated heterocycles. The Labute approximate surface area is 250 Å². The van der Waals surface area contributed by atoms with Crippen molar-refractivity contribution < 1.29 is 23.5 Å². The number of nitrogens with zero attached hydrogens (tertiary/aromatic N) is 4. The number of imide groups is 1. The number of carbonyl (C=O) groups excluding carboxylic acids is 3. The summed E-state index contributed by atoms with van der Waals surface area (Å²) in [5.41, 5.74) is 3.03. The van der Waals surface area contributed by atoms with Crippen molar-refractivity contribution >= 4 is 45.0 Å². The van der Waals surface area contributed by atoms with Gasteiger partial charge in [-0.25, -0.2) is 9.24 Å². The predicted molar refractivity (Wildman–Crippen MR) is 157 cm³/mol. The minimum atomic E-state index is -0.730. The zero-order chi connectivity index (χ0) is 29.4. The van der Waals surface area contributed by atoms with Crippen LogP contribution in [0.3, 0.4) is 0 Å². The summed E-state index contributed by atoms with van der Waals surface area (Å²) in [5.74, 6) is -0.316. The average molecular weight is 632 g/mol. The summed E-state index contributed by atoms with van der Waals surface area (Å²) in [6.07, 6.45) is 0.440. The summed E-state index contributed by atoms with van der Waals surface area (Å²) in [6, 6.07) is 15.1. The van der Waals surface area contributed by atoms with E-state index in [1.165, 1.54) is 11.0 Å². The lowest BCUT2D eigenvalue weighted by Crippen LogP contribution is -2.52. The number of amides is 3. The van der Waals surface area contributed by atoms with Gasteiger partial charge in [0.25, 0.3) is 5.91 Å². The number of piperidine rings is 1. The Morgan fingerprint density at radius 2 is 1.74 bits per heavy atom. The van der Waals surface area contributed by atoms with Gasteiger partial charge >= 0.3 is 0 Å². The maximum Gasteiger partial charge on any atom is 0.255 e. The van der Waals surface area contributed by atoms with Gasteiger partial charge in [-0.05, 0) is 60.0 Å². The van der Waals surface area contributed by atoms with E-state index in [-0.39, 0.29) is 36.8 Å². The van der Waals surface area contributed by atoms with Gasteiger partial charge in [-0.3, -0.25) is 24.6 Å². The van der Waals surface area contributed by atoms with Crippen LogP contribution in [0, 0.1) is 12.4 Å². The number of piperazine rings is 1. The van der Waals surface area contributed by atoms with Crippen molar-refractivity contribution in [2.45, 2.75) is 32.0 Å². The predicted octanol–water partition coefficient (Wildman–Crippen LogP) is 5.01. The highest BCUT2D eigenvalue weighted by atomic mass is 79.9. The van der Waals surface area contributed by atoms with Gasteiger partial charge in [0.15, 0.2) is 5.69 Å². The minimum Gasteiger partial charge on any atom is -0.457 e. The molecule has 0 aliphatic carbocycles. The monoisotopic (exact) mass is 631 g/mol. The third kappa shape index (κ3) is 5.60. The molecule has 6 rings (SSSR count). The van der Waals surface area contributed by atoms with Crippen LogP contribution in [0.15, 0.2) is 59.1 Å². The van der Waals surface area contributed by atoms with Crippen LogP contribution in [0.1, 0.15) is 34.3 Å². The van der Waals surface area contributed by atoms with Crippen molar-refractivity contribution in [1.82, 2.24) is 15.1 Å². The van der Waals surface area contributed by atoms with Crippen LogP contribution in [0.25, 0.3) is 4.85 Å². The molecule has 3 amide bonds. The molecule has 0 bridgehead atoms. The van der Waals surface area contributed by atoms with E-state index < -0.39 is 17.8 Å². The number of nitrogens with one attached hydrogen (secondary N) is 1. The maximum atomic E-state index is 15.3. The quantitative estimate of drug-likeness (QED) is 0.304. The summed E-state index contributed by atoms with van der Waals surface area (Å²) in [4.78, 5) is 46.0. The Morgan fingerprint density at radius 1 is 1.00 bits per heavy atom. The lowest BCUT2D eigenvalue weighted by Gasteiger charge is -2.36. The van der Waals surface area contributed by atoms with Crippen molar-refractivity contribution in [2.24, 2.45) is 0 Å². The van der Waals surface area contributed by atoms with E-state index in [0.717, 1.165) is 10.0 Å². The molecule has 1 unspecified atom stereocenters. The number of rotatable bonds is 6. The lowest BCUT2D eigenvalue weighted by atomic mass is 10.0. The summed E-state index contributed by atoms with van der Waals surface area (Å²) in [7, 11) is 0. The number of halogens is 2. The first kappa shape index (κ1) is 27.9. The first-order valence-corrected chi connectivity index (χ1v) is 14.5. The zero-order valence-corrected chi connectivity index (χ0v) is 24.2. The van der Waals surface area contributed by atoms with Gasteiger partial charge < -0.3 is 14.5 Å². The van der Waals surface area contributed by atoms with Gasteiger partial charge in [0.1, 0.15) is 23.4 Å². The fourth-order valence-electron chi connectivity index (χ4n) is 5.67. The van der Waals surface area contributed by atoms with Crippen LogP contribution in [0.4, 0.5) is 15.8 Å². The van der Waals surface area contributed by atoms with Crippen LogP contribution in [0.5, 0.6) is 11.5 Å². The number of fused-ring (bicyclic) bond motifs is 1. The number of hydrogen-bond donors (Lipinski definition) is 1. The molecule has 214 valence electrons. The Morgan fingerprint density at radius 3 is 2.45 bits per heavy atom. The second-order valence-electron chi connectivity index (χ2n) is 10.6. The minimum absolute atomic E-state index is 0.173. The van der Waals surface area contributed by atoms with Crippen molar-refractivity contribution in [3.63, 3.8) is 0 Å². The van der Waals surface area contributed by atoms with E-state index in [2.05, 4.69) is 31.0 Å². The van der Waals surface area contributed by atoms with E-state index in [1.807, 2.05) is 23.1 Å². The fourth-order valence-corrected chi connectivity index (χ4v) is 6.04. The maximum absolute atomic E-state index is 15.3. The summed E-state index contributed by atoms with van der Waals surface area (Å²) < 4.78 is 22.2. The van der Waals surface area contributed by atoms with Crippen molar-refractivity contribution in [1.29, 1.82) is 0 Å². The lowest BCUT2D eigenvalue weighted by molar-refractivity contribution is -0.136. The van der Waals surface area contributed by atoms with Crippen LogP contribution in [0.2, 0.25) is 0 Å². The van der Waals surface area contributed by atoms with Gasteiger partial charge in [0.05, 0.1) is 12.3 Å². The third-order valence-electron chi connectivity index (χ3n) is 7.92. The topological polar surface area (TPSA) is 86.6 Å². The van der Waals surface area contributed by atoms with Gasteiger partial charge in [-0.1, -0.05) is 28.1 Å². The van der Waals surface area contributed by atoms with Gasteiger partial charge in [0.2, 0.25) is 11.8 Å². The Hall–Kier alpha value is -4.27. The number of hydrogen-bond acceptors (Lipinski definition) is 6. The van der Waals surface area contributed by atoms with Gasteiger partial charge in [-0.2, -0.15) is 0 Å². The number of benzene rings is 3. The molecule has 1 N–H and O–H groups in total. The molecule has 0 spiro atoms. The largest absolute Gasteiger partial charge is 0.457 e. The summed E-state index contributed by atoms with van der Waals surface area (Å²) >= 11 is 3.64. The highest BCUT2D eigenvalue weighted by molar-refractivity contribution is 9.10. The van der Waals surface area contributed by atoms with E-state index in [0.29, 0.717) is 61.2 Å². The first-order chi connectivity index (χ1) is 20.3. The second kappa shape index (κ2) is 11.5. The molecule has 2 fully saturated rings. The number of carbonyl (C=O) groups is 3. The second-order valence-corrected chi connectivity index (χ2v) is 11.4. The molecular weight excluding hydrogens is 605 g/mol. The van der Waals surface area contributed by atoms with Gasteiger partial charge in [-0.15, -0.1) is 0 Å². The molecule has 3 aromatic carbocycles. The van der Waals surface area contributed by atoms with Crippen molar-refractivity contribution in [3.05, 3.63) is 93.0 Å². The molecule has 3 aromatic rings. The SMILES string of the molecule is [C-]#[N+]c1ccc(Oc2ccc(Br)c(CN3CCN(c4cc5c(cc4F)C(=O)N(C4CCC(=O)NC4=O)C5)CC3)c2)cc1. The Balaban J connectivity index is 1.09. The first-order valence-electron chi connectivity index (χ1n) is 13.7. The molecule has 3 aliphatic heterocycles. The van der Waals surface area contributed by atoms with Crippen LogP contribution in [-0.4, -0.2) is 59.7 Å². The van der Waals surface area contributed by atoms with E-state index in [4.69, 9.17) is 11.3 Å². The van der Waals surface area contributed by atoms with Crippen LogP contribution in [-0.2, 0) is 22.7 Å². The molecule has 0 aromatic heterocycles. The summed E-state index contributed by atoms with van der Waals surface area (Å²) in [6.45, 7) is 10.6. The molecule has 11 heteroatoms. The molecule has 3 aliphatic rings. The standard InChI is InChI=1S/C31H27BrFN5O4/c1-34-21-2-4-22(5-3-21)42-23-6-7-25(32)20(14-23)17-36-10-12-37(13-11-36)28-15-19-18-38(31(41)24(19)16-26(28)33)27-8-9-29(39)35-30(27)40/h2-7,14-16,27H,8-13,17-18H2,(H,35,39,40). The van der Waals surface area contributed by atoms with E-state index >= 15 is 4.39 Å². The highest BCUT2D eigenvalue weighted by Gasteiger charge is 2.40. The molecule has 3 heterocycles. The van der Waals surface area contributed by atoms with E-state index in [1.54, 1.807) is 30.3 Å². The third-order valence-corrected chi connectivity index (χ3v) is 8.69. The van der Waals surface area contributed by atoms with Gasteiger partial charge in [0, 0.05) is 55.7 Å². The van der Waals surface area contributed by atoms with E-state index in [9.17, 15) is 14.4 Å².